The normalized spacial score (nSPS) is 14.4. The van der Waals surface area contributed by atoms with Gasteiger partial charge in [0, 0.05) is 18.8 Å². The standard InChI is InChI=1S/C24H20ClN7O4/c1-12-14-4-5-17(16(14)3-2-15(12)23(35)36)30-22(34)19-9-18(31-24-28-11-29-32(19)24)21(33)27-10-13-6-7-26-20(25)8-13/h2-3,6-9,11,17H,4-5,10H2,1H3,(H,27,33)(H,30,34)(H,35,36)/t17-/m0/s1. The first kappa shape index (κ1) is 23.4. The molecule has 1 aromatic carbocycles. The van der Waals surface area contributed by atoms with Crippen molar-refractivity contribution in [2.24, 2.45) is 0 Å². The molecule has 0 saturated carbocycles. The number of halogens is 1. The van der Waals surface area contributed by atoms with Crippen LogP contribution in [-0.2, 0) is 13.0 Å². The molecule has 5 rings (SSSR count). The fourth-order valence-corrected chi connectivity index (χ4v) is 4.61. The Hall–Kier alpha value is -4.38. The van der Waals surface area contributed by atoms with E-state index >= 15 is 0 Å². The van der Waals surface area contributed by atoms with Crippen LogP contribution in [0.15, 0.2) is 42.9 Å². The van der Waals surface area contributed by atoms with Crippen LogP contribution in [0.2, 0.25) is 5.15 Å². The summed E-state index contributed by atoms with van der Waals surface area (Å²) in [5.41, 5.74) is 3.63. The second-order valence-corrected chi connectivity index (χ2v) is 8.73. The molecule has 0 saturated heterocycles. The van der Waals surface area contributed by atoms with Gasteiger partial charge in [-0.2, -0.15) is 14.6 Å². The van der Waals surface area contributed by atoms with Crippen LogP contribution in [0.3, 0.4) is 0 Å². The molecule has 11 nitrogen and oxygen atoms in total. The molecule has 36 heavy (non-hydrogen) atoms. The molecule has 1 aliphatic carbocycles. The molecule has 1 atom stereocenters. The van der Waals surface area contributed by atoms with Gasteiger partial charge in [-0.1, -0.05) is 17.7 Å². The molecule has 3 N–H and O–H groups in total. The number of nitrogens with one attached hydrogen (secondary N) is 2. The topological polar surface area (TPSA) is 151 Å². The lowest BCUT2D eigenvalue weighted by molar-refractivity contribution is 0.0695. The van der Waals surface area contributed by atoms with E-state index < -0.39 is 17.8 Å². The van der Waals surface area contributed by atoms with Crippen molar-refractivity contribution in [3.63, 3.8) is 0 Å². The molecular formula is C24H20ClN7O4. The number of rotatable bonds is 6. The summed E-state index contributed by atoms with van der Waals surface area (Å²) in [5, 5.41) is 19.5. The van der Waals surface area contributed by atoms with Gasteiger partial charge in [0.25, 0.3) is 17.6 Å². The van der Waals surface area contributed by atoms with E-state index in [0.717, 1.165) is 16.7 Å². The minimum absolute atomic E-state index is 0.00886. The highest BCUT2D eigenvalue weighted by molar-refractivity contribution is 6.29. The number of benzene rings is 1. The number of fused-ring (bicyclic) bond motifs is 2. The Morgan fingerprint density at radius 3 is 2.78 bits per heavy atom. The summed E-state index contributed by atoms with van der Waals surface area (Å²) in [4.78, 5) is 49.7. The van der Waals surface area contributed by atoms with Crippen LogP contribution >= 0.6 is 11.6 Å². The van der Waals surface area contributed by atoms with Crippen molar-refractivity contribution >= 4 is 35.2 Å². The van der Waals surface area contributed by atoms with Crippen molar-refractivity contribution in [2.45, 2.75) is 32.4 Å². The fraction of sp³-hybridized carbons (Fsp3) is 0.208. The summed E-state index contributed by atoms with van der Waals surface area (Å²) in [6.45, 7) is 1.97. The summed E-state index contributed by atoms with van der Waals surface area (Å²) >= 11 is 5.89. The van der Waals surface area contributed by atoms with Crippen LogP contribution in [0.4, 0.5) is 0 Å². The predicted octanol–water partition coefficient (Wildman–Crippen LogP) is 2.53. The Morgan fingerprint density at radius 2 is 2.00 bits per heavy atom. The van der Waals surface area contributed by atoms with E-state index in [-0.39, 0.29) is 35.3 Å². The lowest BCUT2D eigenvalue weighted by Crippen LogP contribution is -2.30. The van der Waals surface area contributed by atoms with Crippen LogP contribution in [0.1, 0.15) is 66.1 Å². The summed E-state index contributed by atoms with van der Waals surface area (Å²) in [6.07, 6.45) is 4.06. The quantitative estimate of drug-likeness (QED) is 0.338. The van der Waals surface area contributed by atoms with E-state index in [0.29, 0.717) is 23.6 Å². The maximum atomic E-state index is 13.3. The van der Waals surface area contributed by atoms with E-state index in [2.05, 4.69) is 30.7 Å². The van der Waals surface area contributed by atoms with E-state index in [9.17, 15) is 19.5 Å². The third-order valence-electron chi connectivity index (χ3n) is 6.19. The Balaban J connectivity index is 1.38. The highest BCUT2D eigenvalue weighted by Crippen LogP contribution is 2.34. The molecule has 0 spiro atoms. The van der Waals surface area contributed by atoms with Crippen molar-refractivity contribution in [2.75, 3.05) is 0 Å². The van der Waals surface area contributed by atoms with Gasteiger partial charge in [-0.15, -0.1) is 0 Å². The van der Waals surface area contributed by atoms with E-state index in [1.54, 1.807) is 31.2 Å². The van der Waals surface area contributed by atoms with Crippen molar-refractivity contribution in [1.29, 1.82) is 0 Å². The van der Waals surface area contributed by atoms with Crippen LogP contribution in [0.25, 0.3) is 5.78 Å². The Kier molecular flexibility index (Phi) is 6.06. The molecule has 0 aliphatic heterocycles. The number of hydrogen-bond donors (Lipinski definition) is 3. The molecule has 0 bridgehead atoms. The highest BCUT2D eigenvalue weighted by atomic mass is 35.5. The summed E-state index contributed by atoms with van der Waals surface area (Å²) in [5.74, 6) is -1.83. The number of aromatic carboxylic acids is 1. The molecule has 0 radical (unpaired) electrons. The SMILES string of the molecule is Cc1c(C(=O)O)ccc2c1CC[C@@H]2NC(=O)c1cc(C(=O)NCc2ccnc(Cl)c2)nc2ncnn12. The molecule has 0 unspecified atom stereocenters. The largest absolute Gasteiger partial charge is 0.478 e. The maximum absolute atomic E-state index is 13.3. The molecule has 1 aliphatic rings. The number of nitrogens with zero attached hydrogens (tertiary/aromatic N) is 5. The van der Waals surface area contributed by atoms with Gasteiger partial charge in [0.05, 0.1) is 11.6 Å². The molecule has 2 amide bonds. The number of carbonyl (C=O) groups excluding carboxylic acids is 2. The number of hydrogen-bond acceptors (Lipinski definition) is 7. The average molecular weight is 506 g/mol. The first-order valence-electron chi connectivity index (χ1n) is 11.1. The van der Waals surface area contributed by atoms with Gasteiger partial charge in [-0.3, -0.25) is 9.59 Å². The van der Waals surface area contributed by atoms with Gasteiger partial charge in [0.1, 0.15) is 22.9 Å². The number of aromatic nitrogens is 5. The Morgan fingerprint density at radius 1 is 1.17 bits per heavy atom. The zero-order valence-corrected chi connectivity index (χ0v) is 19.8. The smallest absolute Gasteiger partial charge is 0.335 e. The second kappa shape index (κ2) is 9.34. The summed E-state index contributed by atoms with van der Waals surface area (Å²) in [6, 6.07) is 7.71. The minimum atomic E-state index is -0.981. The van der Waals surface area contributed by atoms with Gasteiger partial charge >= 0.3 is 5.97 Å². The maximum Gasteiger partial charge on any atom is 0.335 e. The van der Waals surface area contributed by atoms with Crippen molar-refractivity contribution in [3.05, 3.63) is 87.2 Å². The second-order valence-electron chi connectivity index (χ2n) is 8.34. The molecular weight excluding hydrogens is 486 g/mol. The van der Waals surface area contributed by atoms with E-state index in [1.165, 1.54) is 23.1 Å². The number of pyridine rings is 1. The van der Waals surface area contributed by atoms with Crippen LogP contribution < -0.4 is 10.6 Å². The zero-order valence-electron chi connectivity index (χ0n) is 19.0. The zero-order chi connectivity index (χ0) is 25.4. The van der Waals surface area contributed by atoms with Gasteiger partial charge in [0.15, 0.2) is 0 Å². The first-order valence-corrected chi connectivity index (χ1v) is 11.5. The fourth-order valence-electron chi connectivity index (χ4n) is 4.41. The third kappa shape index (κ3) is 4.36. The number of amides is 2. The minimum Gasteiger partial charge on any atom is -0.478 e. The third-order valence-corrected chi connectivity index (χ3v) is 6.40. The molecule has 0 fully saturated rings. The number of carboxylic acid groups (broad SMARTS) is 1. The van der Waals surface area contributed by atoms with Gasteiger partial charge in [-0.05, 0) is 60.2 Å². The summed E-state index contributed by atoms with van der Waals surface area (Å²) < 4.78 is 1.27. The van der Waals surface area contributed by atoms with Gasteiger partial charge in [0.2, 0.25) is 0 Å². The predicted molar refractivity (Wildman–Crippen MR) is 128 cm³/mol. The first-order chi connectivity index (χ1) is 17.3. The van der Waals surface area contributed by atoms with Crippen molar-refractivity contribution in [1.82, 2.24) is 35.2 Å². The monoisotopic (exact) mass is 505 g/mol. The highest BCUT2D eigenvalue weighted by Gasteiger charge is 2.29. The number of carboxylic acids is 1. The molecule has 4 aromatic rings. The Bertz CT molecular complexity index is 1530. The van der Waals surface area contributed by atoms with Gasteiger partial charge < -0.3 is 15.7 Å². The average Bonchev–Trinajstić information content (AvgIpc) is 3.49. The molecule has 182 valence electrons. The molecule has 3 aromatic heterocycles. The van der Waals surface area contributed by atoms with Crippen molar-refractivity contribution in [3.8, 4) is 0 Å². The van der Waals surface area contributed by atoms with Crippen LogP contribution in [0.5, 0.6) is 0 Å². The van der Waals surface area contributed by atoms with Crippen LogP contribution in [-0.4, -0.2) is 47.5 Å². The van der Waals surface area contributed by atoms with Gasteiger partial charge in [-0.25, -0.2) is 14.8 Å². The van der Waals surface area contributed by atoms with E-state index in [4.69, 9.17) is 11.6 Å². The van der Waals surface area contributed by atoms with Crippen molar-refractivity contribution < 1.29 is 19.5 Å². The molecule has 12 heteroatoms. The van der Waals surface area contributed by atoms with E-state index in [1.807, 2.05) is 0 Å². The van der Waals surface area contributed by atoms with Crippen LogP contribution in [0, 0.1) is 6.92 Å². The lowest BCUT2D eigenvalue weighted by Gasteiger charge is -2.16. The molecule has 3 heterocycles. The lowest BCUT2D eigenvalue weighted by atomic mass is 9.98. The number of carbonyl (C=O) groups is 3. The Labute approximate surface area is 209 Å². The summed E-state index contributed by atoms with van der Waals surface area (Å²) in [7, 11) is 0.